The Morgan fingerprint density at radius 1 is 1.22 bits per heavy atom. The molecule has 1 amide bonds. The van der Waals surface area contributed by atoms with Crippen molar-refractivity contribution in [2.75, 3.05) is 23.0 Å². The standard InChI is InChI=1S/C14H18N2OS/c17-14-8-12(15-11-6-7-18-10-11)9-16(14)13-4-2-1-3-5-13/h1-5,11-12,15H,6-10H2/t11-,12+/m1/s1. The van der Waals surface area contributed by atoms with Gasteiger partial charge in [0.1, 0.15) is 0 Å². The van der Waals surface area contributed by atoms with Crippen molar-refractivity contribution in [1.29, 1.82) is 0 Å². The summed E-state index contributed by atoms with van der Waals surface area (Å²) < 4.78 is 0. The topological polar surface area (TPSA) is 32.3 Å². The number of hydrogen-bond donors (Lipinski definition) is 1. The lowest BCUT2D eigenvalue weighted by molar-refractivity contribution is -0.117. The molecule has 2 aliphatic rings. The van der Waals surface area contributed by atoms with Gasteiger partial charge in [0.2, 0.25) is 5.91 Å². The maximum absolute atomic E-state index is 12.0. The van der Waals surface area contributed by atoms with Crippen molar-refractivity contribution in [1.82, 2.24) is 5.32 Å². The van der Waals surface area contributed by atoms with E-state index < -0.39 is 0 Å². The molecule has 2 fully saturated rings. The van der Waals surface area contributed by atoms with Crippen LogP contribution in [-0.2, 0) is 4.79 Å². The molecular weight excluding hydrogens is 244 g/mol. The average Bonchev–Trinajstić information content (AvgIpc) is 3.01. The lowest BCUT2D eigenvalue weighted by Gasteiger charge is -2.19. The largest absolute Gasteiger partial charge is 0.311 e. The van der Waals surface area contributed by atoms with Crippen LogP contribution >= 0.6 is 11.8 Å². The van der Waals surface area contributed by atoms with Gasteiger partial charge in [0.25, 0.3) is 0 Å². The van der Waals surface area contributed by atoms with Gasteiger partial charge in [-0.25, -0.2) is 0 Å². The van der Waals surface area contributed by atoms with E-state index in [0.717, 1.165) is 12.2 Å². The van der Waals surface area contributed by atoms with E-state index >= 15 is 0 Å². The zero-order valence-corrected chi connectivity index (χ0v) is 11.2. The summed E-state index contributed by atoms with van der Waals surface area (Å²) in [6.45, 7) is 0.810. The van der Waals surface area contributed by atoms with Crippen molar-refractivity contribution in [3.8, 4) is 0 Å². The number of thioether (sulfide) groups is 1. The second kappa shape index (κ2) is 5.33. The van der Waals surface area contributed by atoms with E-state index in [1.165, 1.54) is 17.9 Å². The smallest absolute Gasteiger partial charge is 0.228 e. The van der Waals surface area contributed by atoms with Gasteiger partial charge in [-0.1, -0.05) is 18.2 Å². The Hall–Kier alpha value is -1.00. The Kier molecular flexibility index (Phi) is 3.57. The molecule has 0 radical (unpaired) electrons. The van der Waals surface area contributed by atoms with Crippen LogP contribution in [0.25, 0.3) is 0 Å². The zero-order valence-electron chi connectivity index (χ0n) is 10.3. The first kappa shape index (κ1) is 12.1. The van der Waals surface area contributed by atoms with Crippen molar-refractivity contribution in [3.63, 3.8) is 0 Å². The third-order valence-electron chi connectivity index (χ3n) is 3.59. The first-order valence-electron chi connectivity index (χ1n) is 6.52. The number of carbonyl (C=O) groups excluding carboxylic acids is 1. The van der Waals surface area contributed by atoms with Gasteiger partial charge in [-0.2, -0.15) is 11.8 Å². The predicted octanol–water partition coefficient (Wildman–Crippen LogP) is 1.89. The van der Waals surface area contributed by atoms with Crippen LogP contribution in [0.3, 0.4) is 0 Å². The monoisotopic (exact) mass is 262 g/mol. The van der Waals surface area contributed by atoms with Gasteiger partial charge in [0.05, 0.1) is 0 Å². The molecular formula is C14H18N2OS. The molecule has 4 heteroatoms. The number of benzene rings is 1. The van der Waals surface area contributed by atoms with Crippen LogP contribution in [0.1, 0.15) is 12.8 Å². The molecule has 1 aromatic rings. The second-order valence-corrected chi connectivity index (χ2v) is 6.12. The van der Waals surface area contributed by atoms with Crippen molar-refractivity contribution >= 4 is 23.4 Å². The maximum Gasteiger partial charge on any atom is 0.228 e. The average molecular weight is 262 g/mol. The van der Waals surface area contributed by atoms with Gasteiger partial charge in [-0.15, -0.1) is 0 Å². The summed E-state index contributed by atoms with van der Waals surface area (Å²) in [5.41, 5.74) is 1.02. The summed E-state index contributed by atoms with van der Waals surface area (Å²) in [6.07, 6.45) is 1.87. The third kappa shape index (κ3) is 2.54. The molecule has 2 saturated heterocycles. The van der Waals surface area contributed by atoms with Crippen LogP contribution in [0.15, 0.2) is 30.3 Å². The van der Waals surface area contributed by atoms with E-state index in [1.54, 1.807) is 0 Å². The van der Waals surface area contributed by atoms with Gasteiger partial charge in [0, 0.05) is 36.5 Å². The summed E-state index contributed by atoms with van der Waals surface area (Å²) in [5, 5.41) is 3.62. The Labute approximate surface area is 112 Å². The summed E-state index contributed by atoms with van der Waals surface area (Å²) >= 11 is 2.00. The van der Waals surface area contributed by atoms with Crippen molar-refractivity contribution < 1.29 is 4.79 Å². The molecule has 0 bridgehead atoms. The van der Waals surface area contributed by atoms with Crippen molar-refractivity contribution in [3.05, 3.63) is 30.3 Å². The second-order valence-electron chi connectivity index (χ2n) is 4.97. The SMILES string of the molecule is O=C1C[C@H](N[C@@H]2CCSC2)CN1c1ccccc1. The van der Waals surface area contributed by atoms with Gasteiger partial charge in [0.15, 0.2) is 0 Å². The third-order valence-corrected chi connectivity index (χ3v) is 4.76. The number of para-hydroxylation sites is 1. The van der Waals surface area contributed by atoms with Crippen LogP contribution in [0, 0.1) is 0 Å². The fourth-order valence-corrected chi connectivity index (χ4v) is 3.84. The zero-order chi connectivity index (χ0) is 12.4. The van der Waals surface area contributed by atoms with E-state index in [9.17, 15) is 4.79 Å². The highest BCUT2D eigenvalue weighted by molar-refractivity contribution is 7.99. The Morgan fingerprint density at radius 3 is 2.78 bits per heavy atom. The fraction of sp³-hybridized carbons (Fsp3) is 0.500. The summed E-state index contributed by atoms with van der Waals surface area (Å²) in [5.74, 6) is 2.68. The normalized spacial score (nSPS) is 28.0. The van der Waals surface area contributed by atoms with Crippen LogP contribution in [0.2, 0.25) is 0 Å². The first-order chi connectivity index (χ1) is 8.83. The number of hydrogen-bond acceptors (Lipinski definition) is 3. The van der Waals surface area contributed by atoms with Crippen LogP contribution in [-0.4, -0.2) is 36.0 Å². The molecule has 1 N–H and O–H groups in total. The molecule has 3 rings (SSSR count). The molecule has 2 heterocycles. The van der Waals surface area contributed by atoms with Gasteiger partial charge in [-0.05, 0) is 24.3 Å². The van der Waals surface area contributed by atoms with E-state index in [4.69, 9.17) is 0 Å². The van der Waals surface area contributed by atoms with Gasteiger partial charge < -0.3 is 10.2 Å². The fourth-order valence-electron chi connectivity index (χ4n) is 2.68. The van der Waals surface area contributed by atoms with Crippen LogP contribution in [0.5, 0.6) is 0 Å². The number of anilines is 1. The minimum atomic E-state index is 0.240. The molecule has 2 atom stereocenters. The minimum Gasteiger partial charge on any atom is -0.311 e. The predicted molar refractivity (Wildman–Crippen MR) is 76.1 cm³/mol. The molecule has 0 saturated carbocycles. The summed E-state index contributed by atoms with van der Waals surface area (Å²) in [7, 11) is 0. The van der Waals surface area contributed by atoms with Crippen LogP contribution < -0.4 is 10.2 Å². The highest BCUT2D eigenvalue weighted by Gasteiger charge is 2.32. The van der Waals surface area contributed by atoms with E-state index in [-0.39, 0.29) is 5.91 Å². The first-order valence-corrected chi connectivity index (χ1v) is 7.67. The summed E-state index contributed by atoms with van der Waals surface area (Å²) in [6, 6.07) is 10.9. The number of carbonyl (C=O) groups is 1. The molecule has 18 heavy (non-hydrogen) atoms. The van der Waals surface area contributed by atoms with Gasteiger partial charge in [-0.3, -0.25) is 4.79 Å². The Balaban J connectivity index is 1.63. The highest BCUT2D eigenvalue weighted by Crippen LogP contribution is 2.23. The Bertz CT molecular complexity index is 417. The van der Waals surface area contributed by atoms with Crippen molar-refractivity contribution in [2.45, 2.75) is 24.9 Å². The molecule has 0 aliphatic carbocycles. The number of amides is 1. The number of rotatable bonds is 3. The number of nitrogens with zero attached hydrogens (tertiary/aromatic N) is 1. The Morgan fingerprint density at radius 2 is 2.06 bits per heavy atom. The van der Waals surface area contributed by atoms with Crippen molar-refractivity contribution in [2.24, 2.45) is 0 Å². The molecule has 96 valence electrons. The summed E-state index contributed by atoms with van der Waals surface area (Å²) in [4.78, 5) is 13.9. The lowest BCUT2D eigenvalue weighted by atomic mass is 10.2. The minimum absolute atomic E-state index is 0.240. The molecule has 3 nitrogen and oxygen atoms in total. The maximum atomic E-state index is 12.0. The van der Waals surface area contributed by atoms with E-state index in [2.05, 4.69) is 5.32 Å². The molecule has 0 unspecified atom stereocenters. The highest BCUT2D eigenvalue weighted by atomic mass is 32.2. The molecule has 0 aromatic heterocycles. The van der Waals surface area contributed by atoms with Crippen LogP contribution in [0.4, 0.5) is 5.69 Å². The molecule has 0 spiro atoms. The quantitative estimate of drug-likeness (QED) is 0.903. The van der Waals surface area contributed by atoms with E-state index in [1.807, 2.05) is 47.0 Å². The molecule has 1 aromatic carbocycles. The van der Waals surface area contributed by atoms with Gasteiger partial charge >= 0.3 is 0 Å². The lowest BCUT2D eigenvalue weighted by Crippen LogP contribution is -2.40. The molecule has 2 aliphatic heterocycles. The van der Waals surface area contributed by atoms with E-state index in [0.29, 0.717) is 18.5 Å². The number of nitrogens with one attached hydrogen (secondary N) is 1.